The fraction of sp³-hybridized carbons (Fsp3) is 0.533. The average molecular weight is 703 g/mol. The second-order valence-corrected chi connectivity index (χ2v) is 12.3. The maximum Gasteiger partial charge on any atom is 0.490 e. The highest BCUT2D eigenvalue weighted by molar-refractivity contribution is 7.98. The number of H-pyrrole nitrogens is 1. The highest BCUT2D eigenvalue weighted by atomic mass is 32.2. The molecule has 48 heavy (non-hydrogen) atoms. The molecular weight excluding hydrogens is 661 g/mol. The minimum absolute atomic E-state index is 0.213. The number of nitrogens with two attached hydrogens (primary N) is 2. The van der Waals surface area contributed by atoms with E-state index in [1.807, 2.05) is 30.5 Å². The van der Waals surface area contributed by atoms with E-state index in [2.05, 4.69) is 20.9 Å². The monoisotopic (exact) mass is 702 g/mol. The molecule has 3 rings (SSSR count). The molecule has 1 fully saturated rings. The van der Waals surface area contributed by atoms with Crippen molar-refractivity contribution in [3.05, 3.63) is 36.0 Å². The number of hydrogen-bond donors (Lipinski definition) is 8. The standard InChI is InChI=1S/C28H40N6O6S.C2HF3O2/c1-41-11-10-22(32-25(37)20(30)13-17-15-31-21-9-5-4-8-18(17)21)27(39)33-23(14-24(35)36)28(40)34-26(38)19(29)12-16-6-2-3-7-16;3-2(4,5)1(6)7/h4-5,8-9,15-16,19-20,22-23,31H,2-3,6-7,10-14,29-30H2,1H3,(H,32,37)(H,33,39)(H,35,36)(H,34,38,40);(H,6,7)/t19?,20-,22-,23-;/m0./s1. The lowest BCUT2D eigenvalue weighted by Crippen LogP contribution is -2.57. The van der Waals surface area contributed by atoms with Crippen LogP contribution in [0.5, 0.6) is 0 Å². The molecule has 0 spiro atoms. The van der Waals surface area contributed by atoms with Crippen LogP contribution >= 0.6 is 11.8 Å². The van der Waals surface area contributed by atoms with Gasteiger partial charge in [0.25, 0.3) is 0 Å². The van der Waals surface area contributed by atoms with E-state index in [-0.39, 0.29) is 12.8 Å². The molecule has 1 aliphatic carbocycles. The number of carboxylic acid groups (broad SMARTS) is 2. The van der Waals surface area contributed by atoms with Gasteiger partial charge in [0.2, 0.25) is 23.6 Å². The number of halogens is 3. The molecule has 2 aromatic rings. The number of carboxylic acids is 2. The van der Waals surface area contributed by atoms with E-state index in [0.717, 1.165) is 42.1 Å². The van der Waals surface area contributed by atoms with Crippen LogP contribution in [0.1, 0.15) is 50.5 Å². The minimum Gasteiger partial charge on any atom is -0.481 e. The van der Waals surface area contributed by atoms with Gasteiger partial charge in [-0.15, -0.1) is 0 Å². The number of rotatable bonds is 15. The molecule has 0 saturated heterocycles. The van der Waals surface area contributed by atoms with Crippen molar-refractivity contribution in [3.63, 3.8) is 0 Å². The molecule has 266 valence electrons. The summed E-state index contributed by atoms with van der Waals surface area (Å²) in [4.78, 5) is 75.0. The number of carbonyl (C=O) groups excluding carboxylic acids is 4. The third-order valence-corrected chi connectivity index (χ3v) is 8.24. The van der Waals surface area contributed by atoms with Gasteiger partial charge in [0.1, 0.15) is 12.1 Å². The molecule has 18 heteroatoms. The average Bonchev–Trinajstić information content (AvgIpc) is 3.68. The summed E-state index contributed by atoms with van der Waals surface area (Å²) >= 11 is 1.45. The molecule has 4 atom stereocenters. The Hall–Kier alpha value is -4.16. The molecule has 1 aromatic carbocycles. The van der Waals surface area contributed by atoms with Crippen LogP contribution in [0.3, 0.4) is 0 Å². The quantitative estimate of drug-likeness (QED) is 0.132. The SMILES string of the molecule is CSCC[C@H](NC(=O)[C@@H](N)Cc1c[nH]c2ccccc12)C(=O)N[C@@H](CC(=O)O)C(=O)NC(=O)C(N)CC1CCCC1.O=C(O)C(F)(F)F. The number of aromatic amines is 1. The zero-order valence-electron chi connectivity index (χ0n) is 26.2. The Morgan fingerprint density at radius 2 is 1.54 bits per heavy atom. The van der Waals surface area contributed by atoms with Gasteiger partial charge in [-0.3, -0.25) is 29.3 Å². The first-order valence-corrected chi connectivity index (χ1v) is 16.4. The van der Waals surface area contributed by atoms with Gasteiger partial charge in [-0.1, -0.05) is 43.9 Å². The third kappa shape index (κ3) is 13.2. The van der Waals surface area contributed by atoms with Crippen LogP contribution in [0, 0.1) is 5.92 Å². The number of aliphatic carboxylic acids is 2. The zero-order valence-corrected chi connectivity index (χ0v) is 27.0. The molecule has 1 aromatic heterocycles. The van der Waals surface area contributed by atoms with Crippen molar-refractivity contribution >= 4 is 58.2 Å². The Morgan fingerprint density at radius 3 is 2.12 bits per heavy atom. The summed E-state index contributed by atoms with van der Waals surface area (Å²) in [6.45, 7) is 0. The van der Waals surface area contributed by atoms with Gasteiger partial charge >= 0.3 is 18.1 Å². The highest BCUT2D eigenvalue weighted by Crippen LogP contribution is 2.28. The topological polar surface area (TPSA) is 247 Å². The molecule has 1 aliphatic rings. The van der Waals surface area contributed by atoms with Gasteiger partial charge in [0.05, 0.1) is 18.5 Å². The number of carbonyl (C=O) groups is 6. The van der Waals surface area contributed by atoms with Crippen molar-refractivity contribution in [2.24, 2.45) is 17.4 Å². The van der Waals surface area contributed by atoms with E-state index in [9.17, 15) is 42.3 Å². The second-order valence-electron chi connectivity index (χ2n) is 11.3. The van der Waals surface area contributed by atoms with Crippen LogP contribution < -0.4 is 27.4 Å². The summed E-state index contributed by atoms with van der Waals surface area (Å²) < 4.78 is 31.7. The number of alkyl halides is 3. The maximum atomic E-state index is 13.2. The minimum atomic E-state index is -5.08. The predicted molar refractivity (Wildman–Crippen MR) is 170 cm³/mol. The first kappa shape index (κ1) is 40.0. The summed E-state index contributed by atoms with van der Waals surface area (Å²) in [6, 6.07) is 3.10. The lowest BCUT2D eigenvalue weighted by atomic mass is 9.98. The predicted octanol–water partition coefficient (Wildman–Crippen LogP) is 1.42. The van der Waals surface area contributed by atoms with Gasteiger partial charge in [0, 0.05) is 17.1 Å². The molecule has 1 unspecified atom stereocenters. The number of imide groups is 1. The van der Waals surface area contributed by atoms with Crippen LogP contribution in [0.25, 0.3) is 10.9 Å². The van der Waals surface area contributed by atoms with Crippen molar-refractivity contribution in [3.8, 4) is 0 Å². The van der Waals surface area contributed by atoms with Gasteiger partial charge in [0.15, 0.2) is 0 Å². The molecular formula is C30H41F3N6O8S. The van der Waals surface area contributed by atoms with Gasteiger partial charge < -0.3 is 37.3 Å². The van der Waals surface area contributed by atoms with E-state index in [4.69, 9.17) is 21.4 Å². The Labute approximate surface area is 278 Å². The van der Waals surface area contributed by atoms with Crippen LogP contribution in [-0.4, -0.2) is 93.1 Å². The number of hydrogen-bond acceptors (Lipinski definition) is 9. The summed E-state index contributed by atoms with van der Waals surface area (Å²) in [5, 5.41) is 24.6. The number of aromatic nitrogens is 1. The number of amides is 4. The second kappa shape index (κ2) is 19.0. The lowest BCUT2D eigenvalue weighted by Gasteiger charge is -2.24. The summed E-state index contributed by atoms with van der Waals surface area (Å²) in [6.07, 6.45) is 2.74. The summed E-state index contributed by atoms with van der Waals surface area (Å²) in [7, 11) is 0. The van der Waals surface area contributed by atoms with Crippen molar-refractivity contribution in [1.82, 2.24) is 20.9 Å². The Morgan fingerprint density at radius 1 is 0.938 bits per heavy atom. The zero-order chi connectivity index (χ0) is 36.0. The molecule has 1 heterocycles. The van der Waals surface area contributed by atoms with E-state index in [1.54, 1.807) is 6.20 Å². The Balaban J connectivity index is 0.00000103. The van der Waals surface area contributed by atoms with E-state index in [1.165, 1.54) is 11.8 Å². The first-order valence-electron chi connectivity index (χ1n) is 15.1. The fourth-order valence-electron chi connectivity index (χ4n) is 5.08. The van der Waals surface area contributed by atoms with Crippen molar-refractivity contribution in [1.29, 1.82) is 0 Å². The van der Waals surface area contributed by atoms with Crippen LogP contribution in [0.2, 0.25) is 0 Å². The molecule has 0 aliphatic heterocycles. The summed E-state index contributed by atoms with van der Waals surface area (Å²) in [5.74, 6) is -6.31. The molecule has 4 amide bonds. The number of nitrogens with one attached hydrogen (secondary N) is 4. The van der Waals surface area contributed by atoms with Crippen molar-refractivity contribution < 1.29 is 52.2 Å². The van der Waals surface area contributed by atoms with E-state index >= 15 is 0 Å². The smallest absolute Gasteiger partial charge is 0.481 e. The highest BCUT2D eigenvalue weighted by Gasteiger charge is 2.38. The Bertz CT molecular complexity index is 1430. The van der Waals surface area contributed by atoms with Gasteiger partial charge in [-0.25, -0.2) is 4.79 Å². The van der Waals surface area contributed by atoms with Crippen LogP contribution in [-0.2, 0) is 35.2 Å². The van der Waals surface area contributed by atoms with Gasteiger partial charge in [-0.2, -0.15) is 24.9 Å². The summed E-state index contributed by atoms with van der Waals surface area (Å²) in [5.41, 5.74) is 13.9. The number of benzene rings is 1. The van der Waals surface area contributed by atoms with Crippen molar-refractivity contribution in [2.75, 3.05) is 12.0 Å². The molecule has 10 N–H and O–H groups in total. The van der Waals surface area contributed by atoms with Crippen molar-refractivity contribution in [2.45, 2.75) is 81.7 Å². The third-order valence-electron chi connectivity index (χ3n) is 7.59. The molecule has 14 nitrogen and oxygen atoms in total. The fourth-order valence-corrected chi connectivity index (χ4v) is 5.55. The number of thioether (sulfide) groups is 1. The molecule has 0 radical (unpaired) electrons. The van der Waals surface area contributed by atoms with Crippen LogP contribution in [0.15, 0.2) is 30.5 Å². The van der Waals surface area contributed by atoms with E-state index in [0.29, 0.717) is 18.1 Å². The van der Waals surface area contributed by atoms with Gasteiger partial charge in [-0.05, 0) is 48.8 Å². The normalized spacial score (nSPS) is 15.7. The lowest BCUT2D eigenvalue weighted by molar-refractivity contribution is -0.192. The first-order chi connectivity index (χ1) is 22.5. The van der Waals surface area contributed by atoms with E-state index < -0.39 is 72.3 Å². The molecule has 1 saturated carbocycles. The maximum absolute atomic E-state index is 13.2. The Kier molecular flexibility index (Phi) is 15.8. The molecule has 0 bridgehead atoms. The largest absolute Gasteiger partial charge is 0.490 e. The number of para-hydroxylation sites is 1. The van der Waals surface area contributed by atoms with Crippen LogP contribution in [0.4, 0.5) is 13.2 Å². The number of fused-ring (bicyclic) bond motifs is 1.